The number of thioether (sulfide) groups is 1. The van der Waals surface area contributed by atoms with E-state index in [1.807, 2.05) is 36.6 Å². The number of para-hydroxylation sites is 1. The zero-order chi connectivity index (χ0) is 16.8. The quantitative estimate of drug-likeness (QED) is 0.832. The first-order chi connectivity index (χ1) is 11.7. The van der Waals surface area contributed by atoms with Gasteiger partial charge in [-0.2, -0.15) is 0 Å². The third-order valence-corrected chi connectivity index (χ3v) is 4.90. The van der Waals surface area contributed by atoms with E-state index in [0.717, 1.165) is 34.3 Å². The summed E-state index contributed by atoms with van der Waals surface area (Å²) in [5.41, 5.74) is 1.76. The van der Waals surface area contributed by atoms with E-state index in [9.17, 15) is 4.79 Å². The van der Waals surface area contributed by atoms with Gasteiger partial charge in [0.05, 0.1) is 17.2 Å². The molecule has 124 valence electrons. The van der Waals surface area contributed by atoms with Crippen molar-refractivity contribution in [1.29, 1.82) is 0 Å². The molecule has 1 aliphatic rings. The molecule has 1 amide bonds. The summed E-state index contributed by atoms with van der Waals surface area (Å²) in [5, 5.41) is 6.46. The maximum atomic E-state index is 11.9. The van der Waals surface area contributed by atoms with Crippen molar-refractivity contribution in [3.63, 3.8) is 0 Å². The lowest BCUT2D eigenvalue weighted by molar-refractivity contribution is -0.115. The highest BCUT2D eigenvalue weighted by atomic mass is 32.2. The molecule has 1 aromatic carbocycles. The summed E-state index contributed by atoms with van der Waals surface area (Å²) in [7, 11) is 0. The smallest absolute Gasteiger partial charge is 0.249 e. The summed E-state index contributed by atoms with van der Waals surface area (Å²) in [6, 6.07) is 7.61. The predicted octanol–water partition coefficient (Wildman–Crippen LogP) is 3.26. The van der Waals surface area contributed by atoms with Gasteiger partial charge in [0.15, 0.2) is 5.17 Å². The minimum Gasteiger partial charge on any atom is -0.487 e. The number of thiazole rings is 1. The fraction of sp³-hybridized carbons (Fsp3) is 0.235. The number of ether oxygens (including phenoxy) is 1. The molecule has 3 rings (SSSR count). The zero-order valence-electron chi connectivity index (χ0n) is 13.2. The van der Waals surface area contributed by atoms with E-state index in [0.29, 0.717) is 11.8 Å². The van der Waals surface area contributed by atoms with E-state index in [-0.39, 0.29) is 5.91 Å². The number of nitrogens with zero attached hydrogens (tertiary/aromatic N) is 2. The number of rotatable bonds is 5. The van der Waals surface area contributed by atoms with Crippen LogP contribution in [0.25, 0.3) is 6.08 Å². The molecule has 1 N–H and O–H groups in total. The van der Waals surface area contributed by atoms with E-state index in [1.54, 1.807) is 29.2 Å². The van der Waals surface area contributed by atoms with Gasteiger partial charge < -0.3 is 10.1 Å². The molecule has 0 fully saturated rings. The molecule has 0 saturated carbocycles. The first-order valence-corrected chi connectivity index (χ1v) is 9.36. The standard InChI is InChI=1S/C17H17N3O2S2/c1-12-19-14(11-24-12)10-22-15-5-3-2-4-13(15)6-7-16(21)20-17-18-8-9-23-17/h2-7,11H,8-10H2,1H3,(H,18,20,21). The molecular weight excluding hydrogens is 342 g/mol. The molecule has 0 spiro atoms. The van der Waals surface area contributed by atoms with Crippen LogP contribution in [-0.4, -0.2) is 28.4 Å². The van der Waals surface area contributed by atoms with Crippen molar-refractivity contribution < 1.29 is 9.53 Å². The molecule has 0 aliphatic carbocycles. The van der Waals surface area contributed by atoms with Crippen LogP contribution in [0.15, 0.2) is 40.7 Å². The summed E-state index contributed by atoms with van der Waals surface area (Å²) < 4.78 is 5.84. The van der Waals surface area contributed by atoms with E-state index < -0.39 is 0 Å². The van der Waals surface area contributed by atoms with Crippen molar-refractivity contribution in [3.05, 3.63) is 52.0 Å². The van der Waals surface area contributed by atoms with Gasteiger partial charge in [0, 0.05) is 22.8 Å². The number of hydrogen-bond acceptors (Lipinski definition) is 6. The normalized spacial score (nSPS) is 14.0. The lowest BCUT2D eigenvalue weighted by Gasteiger charge is -2.07. The highest BCUT2D eigenvalue weighted by molar-refractivity contribution is 8.14. The molecule has 0 radical (unpaired) electrons. The van der Waals surface area contributed by atoms with E-state index in [4.69, 9.17) is 4.74 Å². The monoisotopic (exact) mass is 359 g/mol. The number of aliphatic imine (C=N–C) groups is 1. The van der Waals surface area contributed by atoms with Crippen LogP contribution in [0.2, 0.25) is 0 Å². The average Bonchev–Trinajstić information content (AvgIpc) is 3.23. The first-order valence-electron chi connectivity index (χ1n) is 7.50. The molecule has 24 heavy (non-hydrogen) atoms. The number of aryl methyl sites for hydroxylation is 1. The molecule has 7 heteroatoms. The van der Waals surface area contributed by atoms with Crippen LogP contribution < -0.4 is 10.1 Å². The number of nitrogens with one attached hydrogen (secondary N) is 1. The van der Waals surface area contributed by atoms with Crippen LogP contribution in [0.5, 0.6) is 5.75 Å². The summed E-state index contributed by atoms with van der Waals surface area (Å²) in [6.07, 6.45) is 3.24. The van der Waals surface area contributed by atoms with Gasteiger partial charge in [-0.25, -0.2) is 4.98 Å². The van der Waals surface area contributed by atoms with Gasteiger partial charge in [-0.05, 0) is 19.1 Å². The number of hydrogen-bond donors (Lipinski definition) is 1. The Bertz CT molecular complexity index is 784. The summed E-state index contributed by atoms with van der Waals surface area (Å²) in [4.78, 5) is 20.5. The maximum Gasteiger partial charge on any atom is 0.249 e. The second kappa shape index (κ2) is 8.12. The van der Waals surface area contributed by atoms with Crippen LogP contribution >= 0.6 is 23.1 Å². The Morgan fingerprint density at radius 3 is 3.04 bits per heavy atom. The van der Waals surface area contributed by atoms with Crippen molar-refractivity contribution in [2.24, 2.45) is 4.99 Å². The minimum absolute atomic E-state index is 0.187. The summed E-state index contributed by atoms with van der Waals surface area (Å²) in [6.45, 7) is 3.14. The van der Waals surface area contributed by atoms with Crippen LogP contribution in [0.3, 0.4) is 0 Å². The Labute approximate surface area is 148 Å². The second-order valence-corrected chi connectivity index (χ2v) is 7.19. The molecule has 0 unspecified atom stereocenters. The average molecular weight is 359 g/mol. The first kappa shape index (κ1) is 16.7. The fourth-order valence-corrected chi connectivity index (χ4v) is 3.43. The third kappa shape index (κ3) is 4.69. The van der Waals surface area contributed by atoms with E-state index in [1.165, 1.54) is 6.08 Å². The number of carbonyl (C=O) groups excluding carboxylic acids is 1. The Kier molecular flexibility index (Phi) is 5.66. The fourth-order valence-electron chi connectivity index (χ4n) is 2.10. The Morgan fingerprint density at radius 2 is 2.29 bits per heavy atom. The Morgan fingerprint density at radius 1 is 1.42 bits per heavy atom. The molecule has 0 atom stereocenters. The topological polar surface area (TPSA) is 63.6 Å². The number of amides is 1. The molecule has 1 aliphatic heterocycles. The summed E-state index contributed by atoms with van der Waals surface area (Å²) in [5.74, 6) is 1.46. The van der Waals surface area contributed by atoms with E-state index >= 15 is 0 Å². The molecule has 1 aromatic heterocycles. The molecule has 0 saturated heterocycles. The third-order valence-electron chi connectivity index (χ3n) is 3.19. The number of aromatic nitrogens is 1. The molecular formula is C17H17N3O2S2. The second-order valence-electron chi connectivity index (χ2n) is 5.04. The molecule has 0 bridgehead atoms. The van der Waals surface area contributed by atoms with Crippen molar-refractivity contribution in [1.82, 2.24) is 10.3 Å². The van der Waals surface area contributed by atoms with Gasteiger partial charge in [-0.15, -0.1) is 11.3 Å². The van der Waals surface area contributed by atoms with Gasteiger partial charge in [-0.3, -0.25) is 9.79 Å². The highest BCUT2D eigenvalue weighted by Gasteiger charge is 2.09. The number of carbonyl (C=O) groups is 1. The molecule has 2 aromatic rings. The highest BCUT2D eigenvalue weighted by Crippen LogP contribution is 2.21. The van der Waals surface area contributed by atoms with Crippen molar-refractivity contribution in [3.8, 4) is 5.75 Å². The van der Waals surface area contributed by atoms with Crippen molar-refractivity contribution >= 4 is 40.2 Å². The SMILES string of the molecule is Cc1nc(COc2ccccc2C=CC(=O)NC2=NCCS2)cs1. The van der Waals surface area contributed by atoms with Gasteiger partial charge in [0.2, 0.25) is 5.91 Å². The Balaban J connectivity index is 1.62. The maximum absolute atomic E-state index is 11.9. The van der Waals surface area contributed by atoms with Gasteiger partial charge in [-0.1, -0.05) is 30.0 Å². The van der Waals surface area contributed by atoms with Crippen molar-refractivity contribution in [2.75, 3.05) is 12.3 Å². The van der Waals surface area contributed by atoms with Crippen LogP contribution in [0, 0.1) is 6.92 Å². The largest absolute Gasteiger partial charge is 0.487 e. The van der Waals surface area contributed by atoms with Gasteiger partial charge in [0.25, 0.3) is 0 Å². The van der Waals surface area contributed by atoms with Crippen molar-refractivity contribution in [2.45, 2.75) is 13.5 Å². The minimum atomic E-state index is -0.187. The summed E-state index contributed by atoms with van der Waals surface area (Å²) >= 11 is 3.16. The molecule has 5 nitrogen and oxygen atoms in total. The van der Waals surface area contributed by atoms with E-state index in [2.05, 4.69) is 15.3 Å². The van der Waals surface area contributed by atoms with Crippen LogP contribution in [0.4, 0.5) is 0 Å². The number of amidine groups is 1. The zero-order valence-corrected chi connectivity index (χ0v) is 14.8. The number of benzene rings is 1. The Hall–Kier alpha value is -2.12. The van der Waals surface area contributed by atoms with Crippen LogP contribution in [0.1, 0.15) is 16.3 Å². The predicted molar refractivity (Wildman–Crippen MR) is 99.6 cm³/mol. The lowest BCUT2D eigenvalue weighted by Crippen LogP contribution is -2.25. The van der Waals surface area contributed by atoms with Gasteiger partial charge >= 0.3 is 0 Å². The molecule has 2 heterocycles. The lowest BCUT2D eigenvalue weighted by atomic mass is 10.2. The van der Waals surface area contributed by atoms with Crippen LogP contribution in [-0.2, 0) is 11.4 Å². The van der Waals surface area contributed by atoms with Gasteiger partial charge in [0.1, 0.15) is 12.4 Å².